The van der Waals surface area contributed by atoms with Crippen LogP contribution in [0.3, 0.4) is 0 Å². The molecule has 0 heterocycles. The van der Waals surface area contributed by atoms with Crippen molar-refractivity contribution in [1.29, 1.82) is 0 Å². The number of hydrogen-bond donors (Lipinski definition) is 1. The molecule has 0 aromatic rings. The lowest BCUT2D eigenvalue weighted by Crippen LogP contribution is -2.30. The second kappa shape index (κ2) is 2.98. The minimum Gasteiger partial charge on any atom is -0.396 e. The molecule has 1 N–H and O–H groups in total. The number of hydrogen-bond acceptors (Lipinski definition) is 1. The molecule has 2 rings (SSSR count). The van der Waals surface area contributed by atoms with Gasteiger partial charge in [-0.2, -0.15) is 0 Å². The van der Waals surface area contributed by atoms with E-state index in [1.807, 2.05) is 0 Å². The van der Waals surface area contributed by atoms with E-state index in [4.69, 9.17) is 5.11 Å². The molecule has 2 fully saturated rings. The van der Waals surface area contributed by atoms with Gasteiger partial charge in [-0.25, -0.2) is 0 Å². The molecule has 2 bridgehead atoms. The van der Waals surface area contributed by atoms with E-state index in [9.17, 15) is 0 Å². The third kappa shape index (κ3) is 1.16. The van der Waals surface area contributed by atoms with Crippen molar-refractivity contribution in [1.82, 2.24) is 0 Å². The lowest BCUT2D eigenvalue weighted by molar-refractivity contribution is 0.103. The minimum atomic E-state index is 0.377. The molecule has 2 aliphatic carbocycles. The molecule has 1 nitrogen and oxygen atoms in total. The zero-order chi connectivity index (χ0) is 9.53. The molecule has 2 saturated carbocycles. The van der Waals surface area contributed by atoms with Crippen LogP contribution in [0.4, 0.5) is 0 Å². The maximum Gasteiger partial charge on any atom is 0.0431 e. The highest BCUT2D eigenvalue weighted by atomic mass is 16.2. The van der Waals surface area contributed by atoms with Crippen LogP contribution < -0.4 is 0 Å². The summed E-state index contributed by atoms with van der Waals surface area (Å²) in [5, 5.41) is 8.92. The molecule has 0 spiro atoms. The van der Waals surface area contributed by atoms with Crippen LogP contribution in [0, 0.1) is 16.7 Å². The van der Waals surface area contributed by atoms with E-state index in [0.717, 1.165) is 12.3 Å². The molecule has 0 aromatic carbocycles. The van der Waals surface area contributed by atoms with Gasteiger partial charge in [-0.15, -0.1) is 0 Å². The second-order valence-electron chi connectivity index (χ2n) is 5.60. The third-order valence-electron chi connectivity index (χ3n) is 5.14. The van der Waals surface area contributed by atoms with E-state index in [1.54, 1.807) is 0 Å². The summed E-state index contributed by atoms with van der Waals surface area (Å²) < 4.78 is 0. The van der Waals surface area contributed by atoms with Gasteiger partial charge in [-0.3, -0.25) is 0 Å². The van der Waals surface area contributed by atoms with Crippen LogP contribution >= 0.6 is 0 Å². The molecule has 0 atom stereocenters. The Balaban J connectivity index is 2.12. The quantitative estimate of drug-likeness (QED) is 0.711. The van der Waals surface area contributed by atoms with E-state index < -0.39 is 0 Å². The molecule has 0 saturated heterocycles. The summed E-state index contributed by atoms with van der Waals surface area (Å²) in [7, 11) is 0. The summed E-state index contributed by atoms with van der Waals surface area (Å²) in [6.07, 6.45) is 8.00. The van der Waals surface area contributed by atoms with Gasteiger partial charge in [0.15, 0.2) is 0 Å². The summed E-state index contributed by atoms with van der Waals surface area (Å²) in [4.78, 5) is 0. The van der Waals surface area contributed by atoms with Gasteiger partial charge in [0.1, 0.15) is 0 Å². The van der Waals surface area contributed by atoms with E-state index in [2.05, 4.69) is 13.8 Å². The van der Waals surface area contributed by atoms with Gasteiger partial charge < -0.3 is 5.11 Å². The zero-order valence-electron chi connectivity index (χ0n) is 8.97. The Morgan fingerprint density at radius 1 is 1.23 bits per heavy atom. The van der Waals surface area contributed by atoms with Gasteiger partial charge in [0.2, 0.25) is 0 Å². The Labute approximate surface area is 81.5 Å². The first-order valence-electron chi connectivity index (χ1n) is 5.73. The zero-order valence-corrected chi connectivity index (χ0v) is 8.97. The largest absolute Gasteiger partial charge is 0.396 e. The summed E-state index contributed by atoms with van der Waals surface area (Å²) in [6, 6.07) is 0. The smallest absolute Gasteiger partial charge is 0.0431 e. The maximum atomic E-state index is 8.92. The van der Waals surface area contributed by atoms with Gasteiger partial charge in [0.25, 0.3) is 0 Å². The molecule has 0 aromatic heterocycles. The first-order chi connectivity index (χ1) is 6.12. The number of fused-ring (bicyclic) bond motifs is 2. The van der Waals surface area contributed by atoms with Crippen molar-refractivity contribution < 1.29 is 5.11 Å². The van der Waals surface area contributed by atoms with Crippen molar-refractivity contribution in [3.05, 3.63) is 0 Å². The van der Waals surface area contributed by atoms with Gasteiger partial charge in [0, 0.05) is 6.61 Å². The van der Waals surface area contributed by atoms with Crippen LogP contribution in [-0.4, -0.2) is 11.7 Å². The molecule has 1 heteroatoms. The fourth-order valence-electron chi connectivity index (χ4n) is 3.96. The van der Waals surface area contributed by atoms with Crippen LogP contribution in [0.25, 0.3) is 0 Å². The highest BCUT2D eigenvalue weighted by Gasteiger charge is 2.57. The standard InChI is InChI=1S/C12H22O/c1-11(2)10-4-7-12(11,8-5-10)6-3-9-13/h10,13H,3-9H2,1-2H3. The normalized spacial score (nSPS) is 41.3. The molecule has 0 unspecified atom stereocenters. The summed E-state index contributed by atoms with van der Waals surface area (Å²) in [5.41, 5.74) is 1.16. The predicted octanol–water partition coefficient (Wildman–Crippen LogP) is 2.98. The predicted molar refractivity (Wildman–Crippen MR) is 54.5 cm³/mol. The number of aliphatic hydroxyl groups is 1. The molecule has 0 aliphatic heterocycles. The Hall–Kier alpha value is -0.0400. The van der Waals surface area contributed by atoms with Crippen molar-refractivity contribution >= 4 is 0 Å². The highest BCUT2D eigenvalue weighted by molar-refractivity contribution is 5.07. The highest BCUT2D eigenvalue weighted by Crippen LogP contribution is 2.67. The van der Waals surface area contributed by atoms with Crippen LogP contribution in [-0.2, 0) is 0 Å². The van der Waals surface area contributed by atoms with Crippen LogP contribution in [0.15, 0.2) is 0 Å². The lowest BCUT2D eigenvalue weighted by Gasteiger charge is -2.38. The van der Waals surface area contributed by atoms with Crippen molar-refractivity contribution in [3.63, 3.8) is 0 Å². The first kappa shape index (κ1) is 9.51. The molecular weight excluding hydrogens is 160 g/mol. The van der Waals surface area contributed by atoms with Crippen LogP contribution in [0.1, 0.15) is 52.4 Å². The molecule has 0 amide bonds. The number of aliphatic hydroxyl groups excluding tert-OH is 1. The van der Waals surface area contributed by atoms with E-state index >= 15 is 0 Å². The van der Waals surface area contributed by atoms with Gasteiger partial charge >= 0.3 is 0 Å². The van der Waals surface area contributed by atoms with Gasteiger partial charge in [0.05, 0.1) is 0 Å². The summed E-state index contributed by atoms with van der Waals surface area (Å²) in [6.45, 7) is 5.28. The van der Waals surface area contributed by atoms with Crippen molar-refractivity contribution in [3.8, 4) is 0 Å². The molecule has 2 aliphatic rings. The molecule has 13 heavy (non-hydrogen) atoms. The lowest BCUT2D eigenvalue weighted by atomic mass is 9.67. The van der Waals surface area contributed by atoms with E-state index in [1.165, 1.54) is 32.1 Å². The average Bonchev–Trinajstić information content (AvgIpc) is 2.50. The van der Waals surface area contributed by atoms with Crippen LogP contribution in [0.5, 0.6) is 0 Å². The molecule has 0 radical (unpaired) electrons. The number of rotatable bonds is 3. The van der Waals surface area contributed by atoms with Gasteiger partial charge in [-0.1, -0.05) is 13.8 Å². The third-order valence-corrected chi connectivity index (χ3v) is 5.14. The topological polar surface area (TPSA) is 20.2 Å². The first-order valence-corrected chi connectivity index (χ1v) is 5.73. The Kier molecular flexibility index (Phi) is 2.18. The van der Waals surface area contributed by atoms with Crippen molar-refractivity contribution in [2.75, 3.05) is 6.61 Å². The van der Waals surface area contributed by atoms with Gasteiger partial charge in [-0.05, 0) is 55.3 Å². The van der Waals surface area contributed by atoms with Crippen molar-refractivity contribution in [2.24, 2.45) is 16.7 Å². The average molecular weight is 182 g/mol. The van der Waals surface area contributed by atoms with Crippen LogP contribution in [0.2, 0.25) is 0 Å². The molecule has 76 valence electrons. The summed E-state index contributed by atoms with van der Waals surface area (Å²) >= 11 is 0. The fourth-order valence-corrected chi connectivity index (χ4v) is 3.96. The Morgan fingerprint density at radius 2 is 1.85 bits per heavy atom. The Morgan fingerprint density at radius 3 is 2.23 bits per heavy atom. The molecular formula is C12H22O. The maximum absolute atomic E-state index is 8.92. The van der Waals surface area contributed by atoms with E-state index in [0.29, 0.717) is 17.4 Å². The van der Waals surface area contributed by atoms with E-state index in [-0.39, 0.29) is 0 Å². The minimum absolute atomic E-state index is 0.377. The Bertz CT molecular complexity index is 187. The summed E-state index contributed by atoms with van der Waals surface area (Å²) in [5.74, 6) is 0.978. The fraction of sp³-hybridized carbons (Fsp3) is 1.00. The monoisotopic (exact) mass is 182 g/mol. The second-order valence-corrected chi connectivity index (χ2v) is 5.60. The van der Waals surface area contributed by atoms with Crippen molar-refractivity contribution in [2.45, 2.75) is 52.4 Å². The SMILES string of the molecule is CC1(C)C2CCC1(CCCO)CC2.